The van der Waals surface area contributed by atoms with Crippen molar-refractivity contribution in [1.29, 1.82) is 0 Å². The third-order valence-corrected chi connectivity index (χ3v) is 7.02. The zero-order chi connectivity index (χ0) is 21.9. The summed E-state index contributed by atoms with van der Waals surface area (Å²) >= 11 is 0. The van der Waals surface area contributed by atoms with E-state index in [0.29, 0.717) is 32.7 Å². The number of carbonyl (C=O) groups is 1. The molecule has 0 radical (unpaired) electrons. The first-order valence-corrected chi connectivity index (χ1v) is 12.0. The Morgan fingerprint density at radius 3 is 2.78 bits per heavy atom. The van der Waals surface area contributed by atoms with Crippen LogP contribution in [0.25, 0.3) is 0 Å². The molecular formula is C24H34N2O6. The normalized spacial score (nSPS) is 31.0. The van der Waals surface area contributed by atoms with Gasteiger partial charge in [-0.05, 0) is 49.8 Å². The van der Waals surface area contributed by atoms with E-state index in [1.807, 2.05) is 23.1 Å². The standard InChI is InChI=1S/C24H34N2O6/c27-18-13-26(12-17-4-7-21-22(10-17)31-16-30-21)20-6-5-19(32-23(20)15-29-14-18)11-24(28)25-8-2-1-3-9-25/h4,7,10,18-20,23,27H,1-3,5-6,8-9,11-16H2/t18-,19-,20+,23-/m0/s1. The number of benzene rings is 1. The molecular weight excluding hydrogens is 412 g/mol. The number of aliphatic hydroxyl groups is 1. The summed E-state index contributed by atoms with van der Waals surface area (Å²) in [6.45, 7) is 3.96. The number of aliphatic hydroxyl groups excluding tert-OH is 1. The Morgan fingerprint density at radius 2 is 1.91 bits per heavy atom. The molecule has 0 spiro atoms. The predicted molar refractivity (Wildman–Crippen MR) is 117 cm³/mol. The van der Waals surface area contributed by atoms with Gasteiger partial charge in [0.1, 0.15) is 0 Å². The van der Waals surface area contributed by atoms with Gasteiger partial charge in [0, 0.05) is 32.2 Å². The lowest BCUT2D eigenvalue weighted by molar-refractivity contribution is -0.161. The van der Waals surface area contributed by atoms with Gasteiger partial charge in [-0.2, -0.15) is 0 Å². The van der Waals surface area contributed by atoms with Gasteiger partial charge in [0.2, 0.25) is 12.7 Å². The number of ether oxygens (including phenoxy) is 4. The molecule has 32 heavy (non-hydrogen) atoms. The van der Waals surface area contributed by atoms with Crippen LogP contribution in [0, 0.1) is 0 Å². The fourth-order valence-electron chi connectivity index (χ4n) is 5.37. The van der Waals surface area contributed by atoms with E-state index in [0.717, 1.165) is 55.8 Å². The van der Waals surface area contributed by atoms with Gasteiger partial charge in [-0.15, -0.1) is 0 Å². The zero-order valence-electron chi connectivity index (χ0n) is 18.6. The number of carbonyl (C=O) groups excluding carboxylic acids is 1. The molecule has 0 unspecified atom stereocenters. The van der Waals surface area contributed by atoms with Gasteiger partial charge in [-0.3, -0.25) is 9.69 Å². The number of hydrogen-bond acceptors (Lipinski definition) is 7. The van der Waals surface area contributed by atoms with E-state index in [1.54, 1.807) is 0 Å². The largest absolute Gasteiger partial charge is 0.454 e. The van der Waals surface area contributed by atoms with Crippen molar-refractivity contribution < 1.29 is 28.8 Å². The summed E-state index contributed by atoms with van der Waals surface area (Å²) in [4.78, 5) is 17.0. The molecule has 4 aliphatic heterocycles. The van der Waals surface area contributed by atoms with Crippen molar-refractivity contribution >= 4 is 5.91 Å². The summed E-state index contributed by atoms with van der Waals surface area (Å²) in [5.41, 5.74) is 1.11. The number of β-amino-alcohol motifs (C(OH)–C–C–N with tert-alkyl or cyclic N) is 1. The van der Waals surface area contributed by atoms with Crippen molar-refractivity contribution in [3.63, 3.8) is 0 Å². The molecule has 1 aromatic rings. The lowest BCUT2D eigenvalue weighted by Gasteiger charge is -2.44. The molecule has 5 rings (SSSR count). The molecule has 1 N–H and O–H groups in total. The molecule has 4 atom stereocenters. The van der Waals surface area contributed by atoms with Gasteiger partial charge in [0.15, 0.2) is 11.5 Å². The summed E-state index contributed by atoms with van der Waals surface area (Å²) in [6.07, 6.45) is 4.93. The molecule has 3 saturated heterocycles. The highest BCUT2D eigenvalue weighted by atomic mass is 16.7. The number of likely N-dealkylation sites (tertiary alicyclic amines) is 1. The van der Waals surface area contributed by atoms with E-state index in [2.05, 4.69) is 4.90 Å². The quantitative estimate of drug-likeness (QED) is 0.757. The van der Waals surface area contributed by atoms with Gasteiger partial charge < -0.3 is 29.0 Å². The average molecular weight is 447 g/mol. The molecule has 0 saturated carbocycles. The lowest BCUT2D eigenvalue weighted by atomic mass is 9.94. The first-order chi connectivity index (χ1) is 15.7. The Labute approximate surface area is 189 Å². The van der Waals surface area contributed by atoms with Crippen LogP contribution >= 0.6 is 0 Å². The monoisotopic (exact) mass is 446 g/mol. The summed E-state index contributed by atoms with van der Waals surface area (Å²) in [5, 5.41) is 10.4. The van der Waals surface area contributed by atoms with Crippen LogP contribution in [0.2, 0.25) is 0 Å². The minimum Gasteiger partial charge on any atom is -0.454 e. The molecule has 8 heteroatoms. The van der Waals surface area contributed by atoms with Gasteiger partial charge in [-0.1, -0.05) is 6.07 Å². The van der Waals surface area contributed by atoms with E-state index >= 15 is 0 Å². The Morgan fingerprint density at radius 1 is 1.06 bits per heavy atom. The Kier molecular flexibility index (Phi) is 6.83. The highest BCUT2D eigenvalue weighted by molar-refractivity contribution is 5.76. The van der Waals surface area contributed by atoms with E-state index in [-0.39, 0.29) is 30.9 Å². The molecule has 0 aliphatic carbocycles. The smallest absolute Gasteiger partial charge is 0.231 e. The number of rotatable bonds is 4. The Balaban J connectivity index is 1.24. The zero-order valence-corrected chi connectivity index (χ0v) is 18.6. The average Bonchev–Trinajstić information content (AvgIpc) is 3.26. The lowest BCUT2D eigenvalue weighted by Crippen LogP contribution is -2.55. The fourth-order valence-corrected chi connectivity index (χ4v) is 5.37. The van der Waals surface area contributed by atoms with Crippen molar-refractivity contribution in [2.75, 3.05) is 39.6 Å². The van der Waals surface area contributed by atoms with Crippen LogP contribution < -0.4 is 9.47 Å². The van der Waals surface area contributed by atoms with Crippen LogP contribution in [0.4, 0.5) is 0 Å². The highest BCUT2D eigenvalue weighted by Gasteiger charge is 2.38. The third-order valence-electron chi connectivity index (χ3n) is 7.02. The fraction of sp³-hybridized carbons (Fsp3) is 0.708. The molecule has 8 nitrogen and oxygen atoms in total. The second-order valence-corrected chi connectivity index (χ2v) is 9.40. The second-order valence-electron chi connectivity index (χ2n) is 9.40. The van der Waals surface area contributed by atoms with Crippen LogP contribution in [0.1, 0.15) is 44.1 Å². The van der Waals surface area contributed by atoms with Crippen molar-refractivity contribution in [1.82, 2.24) is 9.80 Å². The van der Waals surface area contributed by atoms with E-state index in [1.165, 1.54) is 6.42 Å². The maximum absolute atomic E-state index is 12.7. The van der Waals surface area contributed by atoms with Gasteiger partial charge in [-0.25, -0.2) is 0 Å². The summed E-state index contributed by atoms with van der Waals surface area (Å²) < 4.78 is 23.1. The number of fused-ring (bicyclic) bond motifs is 2. The molecule has 4 aliphatic rings. The second kappa shape index (κ2) is 9.95. The molecule has 3 fully saturated rings. The predicted octanol–water partition coefficient (Wildman–Crippen LogP) is 1.93. The first-order valence-electron chi connectivity index (χ1n) is 12.0. The minimum atomic E-state index is -0.539. The van der Waals surface area contributed by atoms with E-state index in [4.69, 9.17) is 18.9 Å². The molecule has 1 aromatic carbocycles. The Hall–Kier alpha value is -1.87. The number of nitrogens with zero attached hydrogens (tertiary/aromatic N) is 2. The maximum Gasteiger partial charge on any atom is 0.231 e. The highest BCUT2D eigenvalue weighted by Crippen LogP contribution is 2.34. The number of hydrogen-bond donors (Lipinski definition) is 1. The first kappa shape index (κ1) is 21.9. The van der Waals surface area contributed by atoms with Crippen LogP contribution in [0.3, 0.4) is 0 Å². The van der Waals surface area contributed by atoms with E-state index < -0.39 is 6.10 Å². The van der Waals surface area contributed by atoms with Gasteiger partial charge in [0.05, 0.1) is 37.9 Å². The number of piperidine rings is 1. The molecule has 176 valence electrons. The molecule has 0 bridgehead atoms. The number of amides is 1. The van der Waals surface area contributed by atoms with Crippen LogP contribution in [-0.4, -0.2) is 84.8 Å². The van der Waals surface area contributed by atoms with E-state index in [9.17, 15) is 9.90 Å². The van der Waals surface area contributed by atoms with Crippen LogP contribution in [0.5, 0.6) is 11.5 Å². The van der Waals surface area contributed by atoms with Crippen molar-refractivity contribution in [3.05, 3.63) is 23.8 Å². The molecule has 0 aromatic heterocycles. The molecule has 4 heterocycles. The van der Waals surface area contributed by atoms with Crippen LogP contribution in [0.15, 0.2) is 18.2 Å². The topological polar surface area (TPSA) is 80.7 Å². The van der Waals surface area contributed by atoms with Crippen molar-refractivity contribution in [2.45, 2.75) is 69.4 Å². The maximum atomic E-state index is 12.7. The third kappa shape index (κ3) is 5.03. The van der Waals surface area contributed by atoms with Crippen molar-refractivity contribution in [2.24, 2.45) is 0 Å². The van der Waals surface area contributed by atoms with Crippen LogP contribution in [-0.2, 0) is 20.8 Å². The summed E-state index contributed by atoms with van der Waals surface area (Å²) in [6, 6.07) is 6.14. The SMILES string of the molecule is O=C(C[C@@H]1CC[C@@H]2[C@H](COC[C@@H](O)CN2Cc2ccc3c(c2)OCO3)O1)N1CCCCC1. The summed E-state index contributed by atoms with van der Waals surface area (Å²) in [5.74, 6) is 1.76. The van der Waals surface area contributed by atoms with Crippen molar-refractivity contribution in [3.8, 4) is 11.5 Å². The summed E-state index contributed by atoms with van der Waals surface area (Å²) in [7, 11) is 0. The Bertz CT molecular complexity index is 799. The minimum absolute atomic E-state index is 0.0639. The van der Waals surface area contributed by atoms with Gasteiger partial charge in [0.25, 0.3) is 0 Å². The molecule has 1 amide bonds. The van der Waals surface area contributed by atoms with Gasteiger partial charge >= 0.3 is 0 Å².